The Morgan fingerprint density at radius 2 is 1.32 bits per heavy atom. The molecule has 3 N–H and O–H groups in total. The van der Waals surface area contributed by atoms with Crippen molar-refractivity contribution in [2.24, 2.45) is 0 Å². The van der Waals surface area contributed by atoms with Gasteiger partial charge in [-0.05, 0) is 71.2 Å². The third-order valence-corrected chi connectivity index (χ3v) is 4.94. The topological polar surface area (TPSA) is 70.2 Å². The Bertz CT molecular complexity index is 1020. The number of nitrogens with one attached hydrogen (secondary N) is 3. The quantitative estimate of drug-likeness (QED) is 0.359. The van der Waals surface area contributed by atoms with E-state index in [1.54, 1.807) is 48.5 Å². The van der Waals surface area contributed by atoms with Crippen LogP contribution in [0.4, 0.5) is 11.4 Å². The molecule has 28 heavy (non-hydrogen) atoms. The summed E-state index contributed by atoms with van der Waals surface area (Å²) in [5.41, 5.74) is 2.14. The normalized spacial score (nSPS) is 10.0. The van der Waals surface area contributed by atoms with Crippen molar-refractivity contribution in [3.8, 4) is 0 Å². The summed E-state index contributed by atoms with van der Waals surface area (Å²) in [7, 11) is 0. The monoisotopic (exact) mass is 501 g/mol. The number of amides is 2. The van der Waals surface area contributed by atoms with Gasteiger partial charge in [-0.15, -0.1) is 0 Å². The first kappa shape index (κ1) is 20.0. The lowest BCUT2D eigenvalue weighted by molar-refractivity contribution is 0.0975. The van der Waals surface area contributed by atoms with E-state index in [0.29, 0.717) is 22.5 Å². The van der Waals surface area contributed by atoms with Gasteiger partial charge in [-0.2, -0.15) is 0 Å². The van der Waals surface area contributed by atoms with E-state index in [2.05, 4.69) is 38.5 Å². The van der Waals surface area contributed by atoms with Crippen molar-refractivity contribution in [2.75, 3.05) is 10.6 Å². The second kappa shape index (κ2) is 9.43. The van der Waals surface area contributed by atoms with E-state index in [0.717, 1.165) is 3.57 Å². The highest BCUT2D eigenvalue weighted by Crippen LogP contribution is 2.18. The largest absolute Gasteiger partial charge is 0.332 e. The van der Waals surface area contributed by atoms with Crippen LogP contribution in [0.15, 0.2) is 78.9 Å². The summed E-state index contributed by atoms with van der Waals surface area (Å²) in [6.45, 7) is 0. The Morgan fingerprint density at radius 1 is 0.714 bits per heavy atom. The molecule has 0 saturated heterocycles. The predicted octanol–water partition coefficient (Wildman–Crippen LogP) is 4.67. The van der Waals surface area contributed by atoms with Gasteiger partial charge in [-0.1, -0.05) is 42.5 Å². The Hall–Kier alpha value is -2.78. The highest BCUT2D eigenvalue weighted by atomic mass is 127. The van der Waals surface area contributed by atoms with Crippen LogP contribution in [-0.2, 0) is 0 Å². The van der Waals surface area contributed by atoms with Crippen LogP contribution in [0.3, 0.4) is 0 Å². The predicted molar refractivity (Wildman–Crippen MR) is 124 cm³/mol. The lowest BCUT2D eigenvalue weighted by Gasteiger charge is -2.14. The average molecular weight is 501 g/mol. The van der Waals surface area contributed by atoms with Crippen molar-refractivity contribution < 1.29 is 9.59 Å². The van der Waals surface area contributed by atoms with E-state index in [4.69, 9.17) is 12.2 Å². The maximum absolute atomic E-state index is 12.6. The number of anilines is 2. The Morgan fingerprint density at radius 3 is 2.04 bits per heavy atom. The number of rotatable bonds is 4. The third-order valence-electron chi connectivity index (χ3n) is 3.80. The van der Waals surface area contributed by atoms with E-state index in [-0.39, 0.29) is 16.9 Å². The minimum Gasteiger partial charge on any atom is -0.332 e. The Balaban J connectivity index is 1.71. The van der Waals surface area contributed by atoms with Crippen LogP contribution in [0, 0.1) is 3.57 Å². The number of benzene rings is 3. The van der Waals surface area contributed by atoms with Gasteiger partial charge in [-0.25, -0.2) is 0 Å². The molecule has 0 aliphatic rings. The molecule has 3 aromatic carbocycles. The molecule has 0 saturated carbocycles. The summed E-state index contributed by atoms with van der Waals surface area (Å²) in [6.07, 6.45) is 0. The van der Waals surface area contributed by atoms with Crippen molar-refractivity contribution in [3.05, 3.63) is 93.6 Å². The van der Waals surface area contributed by atoms with Gasteiger partial charge in [-0.3, -0.25) is 14.9 Å². The minimum atomic E-state index is -0.311. The number of hydrogen-bond acceptors (Lipinski definition) is 3. The maximum atomic E-state index is 12.6. The lowest BCUT2D eigenvalue weighted by Crippen LogP contribution is -2.35. The lowest BCUT2D eigenvalue weighted by atomic mass is 10.1. The molecule has 0 aliphatic heterocycles. The van der Waals surface area contributed by atoms with E-state index >= 15 is 0 Å². The van der Waals surface area contributed by atoms with Crippen molar-refractivity contribution in [3.63, 3.8) is 0 Å². The van der Waals surface area contributed by atoms with Gasteiger partial charge in [0.2, 0.25) is 0 Å². The van der Waals surface area contributed by atoms with Crippen LogP contribution in [0.25, 0.3) is 0 Å². The van der Waals surface area contributed by atoms with E-state index in [1.165, 1.54) is 0 Å². The summed E-state index contributed by atoms with van der Waals surface area (Å²) in [6, 6.07) is 23.3. The van der Waals surface area contributed by atoms with Crippen LogP contribution >= 0.6 is 34.8 Å². The van der Waals surface area contributed by atoms with Gasteiger partial charge in [0, 0.05) is 9.26 Å². The molecule has 7 heteroatoms. The summed E-state index contributed by atoms with van der Waals surface area (Å²) < 4.78 is 0.822. The van der Waals surface area contributed by atoms with Crippen LogP contribution in [0.2, 0.25) is 0 Å². The standard InChI is InChI=1S/C21H16IN3O2S/c22-17-12-6-4-10-15(17)19(26)25-21(28)24-18-13-7-5-11-16(18)20(27)23-14-8-2-1-3-9-14/h1-13H,(H,23,27)(H2,24,25,26,28). The zero-order chi connectivity index (χ0) is 19.9. The second-order valence-electron chi connectivity index (χ2n) is 5.75. The summed E-state index contributed by atoms with van der Waals surface area (Å²) >= 11 is 7.35. The zero-order valence-corrected chi connectivity index (χ0v) is 17.6. The molecular weight excluding hydrogens is 485 g/mol. The van der Waals surface area contributed by atoms with Crippen LogP contribution in [-0.4, -0.2) is 16.9 Å². The van der Waals surface area contributed by atoms with E-state index < -0.39 is 0 Å². The molecule has 3 aromatic rings. The molecule has 0 unspecified atom stereocenters. The number of hydrogen-bond donors (Lipinski definition) is 3. The molecule has 0 bridgehead atoms. The van der Waals surface area contributed by atoms with Crippen LogP contribution < -0.4 is 16.0 Å². The molecule has 5 nitrogen and oxygen atoms in total. The van der Waals surface area contributed by atoms with Gasteiger partial charge in [0.25, 0.3) is 11.8 Å². The van der Waals surface area contributed by atoms with Crippen LogP contribution in [0.1, 0.15) is 20.7 Å². The summed E-state index contributed by atoms with van der Waals surface area (Å²) in [5, 5.41) is 8.53. The second-order valence-corrected chi connectivity index (χ2v) is 7.32. The molecule has 0 atom stereocenters. The number of carbonyl (C=O) groups is 2. The molecule has 2 amide bonds. The third kappa shape index (κ3) is 5.14. The van der Waals surface area contributed by atoms with Crippen LogP contribution in [0.5, 0.6) is 0 Å². The molecule has 0 heterocycles. The summed E-state index contributed by atoms with van der Waals surface area (Å²) in [4.78, 5) is 25.0. The molecule has 0 aromatic heterocycles. The summed E-state index contributed by atoms with van der Waals surface area (Å²) in [5.74, 6) is -0.588. The van der Waals surface area contributed by atoms with Gasteiger partial charge in [0.15, 0.2) is 5.11 Å². The first-order chi connectivity index (χ1) is 13.5. The fourth-order valence-corrected chi connectivity index (χ4v) is 3.31. The smallest absolute Gasteiger partial charge is 0.258 e. The van der Waals surface area contributed by atoms with E-state index in [9.17, 15) is 9.59 Å². The highest BCUT2D eigenvalue weighted by Gasteiger charge is 2.14. The molecule has 0 aliphatic carbocycles. The fraction of sp³-hybridized carbons (Fsp3) is 0. The Kier molecular flexibility index (Phi) is 6.72. The number of thiocarbonyl (C=S) groups is 1. The van der Waals surface area contributed by atoms with Crippen molar-refractivity contribution >= 4 is 63.1 Å². The Labute approximate surface area is 181 Å². The molecule has 3 rings (SSSR count). The number of para-hydroxylation sites is 2. The van der Waals surface area contributed by atoms with Crippen molar-refractivity contribution in [2.45, 2.75) is 0 Å². The van der Waals surface area contributed by atoms with Gasteiger partial charge >= 0.3 is 0 Å². The van der Waals surface area contributed by atoms with Gasteiger partial charge < -0.3 is 10.6 Å². The zero-order valence-electron chi connectivity index (χ0n) is 14.6. The molecule has 0 fully saturated rings. The maximum Gasteiger partial charge on any atom is 0.258 e. The first-order valence-corrected chi connectivity index (χ1v) is 9.85. The molecule has 140 valence electrons. The average Bonchev–Trinajstić information content (AvgIpc) is 2.69. The highest BCUT2D eigenvalue weighted by molar-refractivity contribution is 14.1. The molecular formula is C21H16IN3O2S. The fourth-order valence-electron chi connectivity index (χ4n) is 2.48. The van der Waals surface area contributed by atoms with Crippen molar-refractivity contribution in [1.29, 1.82) is 0 Å². The minimum absolute atomic E-state index is 0.115. The van der Waals surface area contributed by atoms with Crippen molar-refractivity contribution in [1.82, 2.24) is 5.32 Å². The molecule has 0 radical (unpaired) electrons. The van der Waals surface area contributed by atoms with E-state index in [1.807, 2.05) is 30.3 Å². The number of halogens is 1. The van der Waals surface area contributed by atoms with Gasteiger partial charge in [0.1, 0.15) is 0 Å². The SMILES string of the molecule is O=C(NC(=S)Nc1ccccc1C(=O)Nc1ccccc1)c1ccccc1I. The molecule has 0 spiro atoms. The first-order valence-electron chi connectivity index (χ1n) is 8.37. The number of carbonyl (C=O) groups excluding carboxylic acids is 2. The van der Waals surface area contributed by atoms with Gasteiger partial charge in [0.05, 0.1) is 16.8 Å².